The summed E-state index contributed by atoms with van der Waals surface area (Å²) in [4.78, 5) is 16.7. The predicted octanol–water partition coefficient (Wildman–Crippen LogP) is 3.16. The van der Waals surface area contributed by atoms with Gasteiger partial charge in [0, 0.05) is 23.0 Å². The highest BCUT2D eigenvalue weighted by atomic mass is 35.5. The lowest BCUT2D eigenvalue weighted by atomic mass is 10.1. The van der Waals surface area contributed by atoms with E-state index in [-0.39, 0.29) is 11.0 Å². The Morgan fingerprint density at radius 1 is 1.42 bits per heavy atom. The van der Waals surface area contributed by atoms with E-state index in [1.54, 1.807) is 22.8 Å². The summed E-state index contributed by atoms with van der Waals surface area (Å²) in [7, 11) is 0. The highest BCUT2D eigenvalue weighted by Gasteiger charge is 2.13. The van der Waals surface area contributed by atoms with Crippen LogP contribution in [0.2, 0.25) is 5.02 Å². The first kappa shape index (κ1) is 16.2. The fourth-order valence-corrected chi connectivity index (χ4v) is 2.69. The first-order valence-electron chi connectivity index (χ1n) is 7.52. The second kappa shape index (κ2) is 6.46. The number of hydrogen-bond acceptors (Lipinski definition) is 5. The molecule has 0 spiro atoms. The van der Waals surface area contributed by atoms with Crippen LogP contribution in [-0.2, 0) is 13.0 Å². The third kappa shape index (κ3) is 3.17. The Bertz CT molecular complexity index is 998. The van der Waals surface area contributed by atoms with Crippen molar-refractivity contribution in [2.24, 2.45) is 5.92 Å². The van der Waals surface area contributed by atoms with Gasteiger partial charge in [0.15, 0.2) is 5.82 Å². The number of hydrogen-bond donors (Lipinski definition) is 0. The number of halogens is 1. The summed E-state index contributed by atoms with van der Waals surface area (Å²) in [5, 5.41) is 14.0. The first-order valence-corrected chi connectivity index (χ1v) is 7.90. The molecule has 0 aliphatic carbocycles. The van der Waals surface area contributed by atoms with Crippen molar-refractivity contribution in [2.75, 3.05) is 0 Å². The van der Waals surface area contributed by atoms with Gasteiger partial charge >= 0.3 is 0 Å². The lowest BCUT2D eigenvalue weighted by Crippen LogP contribution is -2.14. The topological polar surface area (TPSA) is 84.7 Å². The summed E-state index contributed by atoms with van der Waals surface area (Å²) in [6.07, 6.45) is 2.22. The second-order valence-electron chi connectivity index (χ2n) is 5.98. The summed E-state index contributed by atoms with van der Waals surface area (Å²) < 4.78 is 7.00. The van der Waals surface area contributed by atoms with Crippen LogP contribution >= 0.6 is 11.6 Å². The van der Waals surface area contributed by atoms with Crippen molar-refractivity contribution in [1.82, 2.24) is 14.7 Å². The Labute approximate surface area is 143 Å². The molecule has 0 atom stereocenters. The Balaban J connectivity index is 2.06. The van der Waals surface area contributed by atoms with Crippen LogP contribution in [0.4, 0.5) is 0 Å². The summed E-state index contributed by atoms with van der Waals surface area (Å²) >= 11 is 5.98. The van der Waals surface area contributed by atoms with E-state index < -0.39 is 0 Å². The Morgan fingerprint density at radius 3 is 2.92 bits per heavy atom. The second-order valence-corrected chi connectivity index (χ2v) is 6.41. The molecule has 0 N–H and O–H groups in total. The van der Waals surface area contributed by atoms with E-state index in [2.05, 4.69) is 24.0 Å². The molecule has 3 rings (SSSR count). The molecule has 1 aromatic carbocycles. The van der Waals surface area contributed by atoms with E-state index in [0.717, 1.165) is 0 Å². The number of fused-ring (bicyclic) bond motifs is 1. The van der Waals surface area contributed by atoms with Gasteiger partial charge in [-0.1, -0.05) is 30.6 Å². The maximum atomic E-state index is 12.3. The number of aromatic nitrogens is 3. The van der Waals surface area contributed by atoms with E-state index in [1.165, 1.54) is 6.20 Å². The molecular formula is C17H15ClN4O2. The average Bonchev–Trinajstić information content (AvgIpc) is 2.96. The van der Waals surface area contributed by atoms with Gasteiger partial charge in [0.1, 0.15) is 11.6 Å². The first-order chi connectivity index (χ1) is 11.5. The number of pyridine rings is 1. The molecule has 0 fully saturated rings. The maximum absolute atomic E-state index is 12.3. The van der Waals surface area contributed by atoms with E-state index in [9.17, 15) is 10.1 Å². The zero-order valence-electron chi connectivity index (χ0n) is 13.3. The van der Waals surface area contributed by atoms with Gasteiger partial charge < -0.3 is 9.09 Å². The van der Waals surface area contributed by atoms with Crippen LogP contribution in [0.25, 0.3) is 10.9 Å². The summed E-state index contributed by atoms with van der Waals surface area (Å²) in [5.74, 6) is 1.49. The van der Waals surface area contributed by atoms with E-state index in [1.807, 2.05) is 6.07 Å². The molecule has 0 saturated heterocycles. The molecule has 3 aromatic rings. The van der Waals surface area contributed by atoms with Crippen molar-refractivity contribution in [3.8, 4) is 6.07 Å². The van der Waals surface area contributed by atoms with Crippen molar-refractivity contribution in [3.05, 3.63) is 56.9 Å². The quantitative estimate of drug-likeness (QED) is 0.727. The van der Waals surface area contributed by atoms with Crippen LogP contribution in [0.15, 0.2) is 33.7 Å². The van der Waals surface area contributed by atoms with Crippen molar-refractivity contribution in [2.45, 2.75) is 26.8 Å². The number of rotatable bonds is 4. The Morgan fingerprint density at radius 2 is 2.21 bits per heavy atom. The molecule has 7 heteroatoms. The van der Waals surface area contributed by atoms with Crippen LogP contribution in [0.1, 0.15) is 31.1 Å². The predicted molar refractivity (Wildman–Crippen MR) is 89.9 cm³/mol. The van der Waals surface area contributed by atoms with Gasteiger partial charge in [-0.05, 0) is 24.1 Å². The molecule has 2 aromatic heterocycles. The van der Waals surface area contributed by atoms with Gasteiger partial charge in [-0.25, -0.2) is 0 Å². The molecule has 2 heterocycles. The molecule has 6 nitrogen and oxygen atoms in total. The average molecular weight is 343 g/mol. The van der Waals surface area contributed by atoms with E-state index in [4.69, 9.17) is 16.1 Å². The van der Waals surface area contributed by atoms with Crippen LogP contribution < -0.4 is 5.43 Å². The van der Waals surface area contributed by atoms with Gasteiger partial charge in [-0.2, -0.15) is 10.2 Å². The highest BCUT2D eigenvalue weighted by Crippen LogP contribution is 2.18. The van der Waals surface area contributed by atoms with Crippen LogP contribution in [0.5, 0.6) is 0 Å². The summed E-state index contributed by atoms with van der Waals surface area (Å²) in [6.45, 7) is 4.44. The number of benzene rings is 1. The summed E-state index contributed by atoms with van der Waals surface area (Å²) in [6, 6.07) is 6.94. The van der Waals surface area contributed by atoms with Crippen LogP contribution in [-0.4, -0.2) is 14.7 Å². The molecule has 0 aliphatic heterocycles. The minimum atomic E-state index is -0.333. The molecular weight excluding hydrogens is 328 g/mol. The van der Waals surface area contributed by atoms with Gasteiger partial charge in [0.25, 0.3) is 0 Å². The van der Waals surface area contributed by atoms with Crippen LogP contribution in [0, 0.1) is 17.2 Å². The molecule has 0 bridgehead atoms. The normalized spacial score (nSPS) is 11.1. The molecule has 0 radical (unpaired) electrons. The monoisotopic (exact) mass is 342 g/mol. The summed E-state index contributed by atoms with van der Waals surface area (Å²) in [5.41, 5.74) is 0.383. The number of nitriles is 1. The molecule has 24 heavy (non-hydrogen) atoms. The minimum Gasteiger partial charge on any atom is -0.339 e. The zero-order chi connectivity index (χ0) is 17.3. The fraction of sp³-hybridized carbons (Fsp3) is 0.294. The van der Waals surface area contributed by atoms with E-state index in [0.29, 0.717) is 46.5 Å². The molecule has 0 saturated carbocycles. The standard InChI is InChI=1S/C17H15ClN4O2/c1-10(2)5-16-20-15(21-24-16)9-22-8-11(7-19)17(23)13-6-12(18)3-4-14(13)22/h3-4,6,8,10H,5,9H2,1-2H3. The fourth-order valence-electron chi connectivity index (χ4n) is 2.52. The lowest BCUT2D eigenvalue weighted by molar-refractivity contribution is 0.358. The van der Waals surface area contributed by atoms with Crippen molar-refractivity contribution in [1.29, 1.82) is 5.26 Å². The van der Waals surface area contributed by atoms with Gasteiger partial charge in [-0.3, -0.25) is 4.79 Å². The van der Waals surface area contributed by atoms with E-state index >= 15 is 0 Å². The Kier molecular flexibility index (Phi) is 4.36. The van der Waals surface area contributed by atoms with Gasteiger partial charge in [-0.15, -0.1) is 0 Å². The zero-order valence-corrected chi connectivity index (χ0v) is 14.0. The largest absolute Gasteiger partial charge is 0.339 e. The van der Waals surface area contributed by atoms with Crippen molar-refractivity contribution >= 4 is 22.5 Å². The molecule has 0 aliphatic rings. The maximum Gasteiger partial charge on any atom is 0.226 e. The smallest absolute Gasteiger partial charge is 0.226 e. The molecule has 122 valence electrons. The number of nitrogens with zero attached hydrogens (tertiary/aromatic N) is 4. The third-order valence-electron chi connectivity index (χ3n) is 3.57. The highest BCUT2D eigenvalue weighted by molar-refractivity contribution is 6.31. The third-order valence-corrected chi connectivity index (χ3v) is 3.80. The van der Waals surface area contributed by atoms with Gasteiger partial charge in [0.2, 0.25) is 11.3 Å². The lowest BCUT2D eigenvalue weighted by Gasteiger charge is -2.09. The van der Waals surface area contributed by atoms with Crippen molar-refractivity contribution < 1.29 is 4.52 Å². The molecule has 0 unspecified atom stereocenters. The van der Waals surface area contributed by atoms with Crippen molar-refractivity contribution in [3.63, 3.8) is 0 Å². The SMILES string of the molecule is CC(C)Cc1nc(Cn2cc(C#N)c(=O)c3cc(Cl)ccc32)no1. The van der Waals surface area contributed by atoms with Crippen LogP contribution in [0.3, 0.4) is 0 Å². The molecule has 0 amide bonds. The minimum absolute atomic E-state index is 0.0515. The van der Waals surface area contributed by atoms with Gasteiger partial charge in [0.05, 0.1) is 12.1 Å². The Hall–Kier alpha value is -2.65.